The number of carbonyl (C=O) groups is 1. The fourth-order valence-electron chi connectivity index (χ4n) is 3.64. The molecule has 0 N–H and O–H groups in total. The number of nitrogens with zero attached hydrogens (tertiary/aromatic N) is 3. The van der Waals surface area contributed by atoms with Crippen LogP contribution in [0.1, 0.15) is 17.0 Å². The minimum Gasteiger partial charge on any atom is -0.497 e. The molecule has 3 aromatic rings. The summed E-state index contributed by atoms with van der Waals surface area (Å²) in [6.45, 7) is 3.99. The molecule has 0 radical (unpaired) electrons. The number of rotatable bonds is 5. The number of carbonyl (C=O) groups excluding carboxylic acids is 1. The Labute approximate surface area is 194 Å². The number of amides is 1. The molecule has 1 amide bonds. The number of aryl methyl sites for hydroxylation is 1. The van der Waals surface area contributed by atoms with E-state index in [0.29, 0.717) is 14.9 Å². The standard InChI is InChI=1S/C23H19N3O4S2/c1-14-11-16(15(2)24(14)17-7-9-20(30-3)10-8-17)12-21-22(27)25(23(31)32-21)18-5-4-6-19(13-18)26(28)29/h4-13H,1-3H3/b21-12+. The van der Waals surface area contributed by atoms with Gasteiger partial charge in [-0.3, -0.25) is 19.8 Å². The van der Waals surface area contributed by atoms with E-state index < -0.39 is 4.92 Å². The van der Waals surface area contributed by atoms with E-state index in [1.165, 1.54) is 34.9 Å². The van der Waals surface area contributed by atoms with Crippen LogP contribution in [-0.4, -0.2) is 26.8 Å². The van der Waals surface area contributed by atoms with Gasteiger partial charge < -0.3 is 9.30 Å². The summed E-state index contributed by atoms with van der Waals surface area (Å²) in [6.07, 6.45) is 1.82. The third-order valence-electron chi connectivity index (χ3n) is 5.18. The summed E-state index contributed by atoms with van der Waals surface area (Å²) in [5.41, 5.74) is 4.18. The molecule has 1 saturated heterocycles. The van der Waals surface area contributed by atoms with Gasteiger partial charge in [0.05, 0.1) is 22.6 Å². The molecule has 162 valence electrons. The maximum Gasteiger partial charge on any atom is 0.271 e. The van der Waals surface area contributed by atoms with Gasteiger partial charge in [-0.05, 0) is 61.9 Å². The minimum absolute atomic E-state index is 0.0939. The van der Waals surface area contributed by atoms with E-state index in [0.717, 1.165) is 28.4 Å². The van der Waals surface area contributed by atoms with Crippen molar-refractivity contribution in [1.29, 1.82) is 0 Å². The van der Waals surface area contributed by atoms with Crippen LogP contribution < -0.4 is 9.64 Å². The largest absolute Gasteiger partial charge is 0.497 e. The number of hydrogen-bond donors (Lipinski definition) is 0. The average molecular weight is 466 g/mol. The fourth-order valence-corrected chi connectivity index (χ4v) is 4.93. The van der Waals surface area contributed by atoms with Gasteiger partial charge in [0, 0.05) is 29.2 Å². The summed E-state index contributed by atoms with van der Waals surface area (Å²) >= 11 is 6.59. The Kier molecular flexibility index (Phi) is 5.86. The molecule has 9 heteroatoms. The molecule has 2 aromatic carbocycles. The summed E-state index contributed by atoms with van der Waals surface area (Å²) in [5.74, 6) is 0.482. The maximum absolute atomic E-state index is 13.1. The zero-order valence-corrected chi connectivity index (χ0v) is 19.2. The monoisotopic (exact) mass is 465 g/mol. The van der Waals surface area contributed by atoms with Crippen molar-refractivity contribution in [3.05, 3.63) is 86.6 Å². The lowest BCUT2D eigenvalue weighted by Crippen LogP contribution is -2.27. The second-order valence-electron chi connectivity index (χ2n) is 7.15. The molecule has 1 aliphatic heterocycles. The Bertz CT molecular complexity index is 1280. The minimum atomic E-state index is -0.495. The Morgan fingerprint density at radius 2 is 1.81 bits per heavy atom. The van der Waals surface area contributed by atoms with Gasteiger partial charge in [0.25, 0.3) is 11.6 Å². The van der Waals surface area contributed by atoms with Gasteiger partial charge in [-0.1, -0.05) is 30.0 Å². The molecular formula is C23H19N3O4S2. The zero-order valence-electron chi connectivity index (χ0n) is 17.6. The number of benzene rings is 2. The second-order valence-corrected chi connectivity index (χ2v) is 8.83. The number of hydrogen-bond acceptors (Lipinski definition) is 6. The Hall–Kier alpha value is -3.43. The highest BCUT2D eigenvalue weighted by molar-refractivity contribution is 8.27. The molecule has 1 fully saturated rings. The van der Waals surface area contributed by atoms with E-state index in [1.54, 1.807) is 13.2 Å². The van der Waals surface area contributed by atoms with Crippen molar-refractivity contribution in [2.24, 2.45) is 0 Å². The molecular weight excluding hydrogens is 446 g/mol. The van der Waals surface area contributed by atoms with Gasteiger partial charge >= 0.3 is 0 Å². The van der Waals surface area contributed by atoms with Gasteiger partial charge in [0.1, 0.15) is 5.75 Å². The number of ether oxygens (including phenoxy) is 1. The van der Waals surface area contributed by atoms with Crippen LogP contribution in [0, 0.1) is 24.0 Å². The summed E-state index contributed by atoms with van der Waals surface area (Å²) in [6, 6.07) is 15.7. The first kappa shape index (κ1) is 21.8. The molecule has 0 bridgehead atoms. The van der Waals surface area contributed by atoms with E-state index in [9.17, 15) is 14.9 Å². The molecule has 32 heavy (non-hydrogen) atoms. The van der Waals surface area contributed by atoms with E-state index >= 15 is 0 Å². The van der Waals surface area contributed by atoms with Crippen LogP contribution in [0.15, 0.2) is 59.5 Å². The zero-order chi connectivity index (χ0) is 23.0. The maximum atomic E-state index is 13.1. The first-order valence-corrected chi connectivity index (χ1v) is 10.9. The summed E-state index contributed by atoms with van der Waals surface area (Å²) in [7, 11) is 1.63. The number of thioether (sulfide) groups is 1. The number of anilines is 1. The Morgan fingerprint density at radius 1 is 1.09 bits per heavy atom. The average Bonchev–Trinajstić information content (AvgIpc) is 3.22. The highest BCUT2D eigenvalue weighted by Crippen LogP contribution is 2.37. The van der Waals surface area contributed by atoms with Gasteiger partial charge in [-0.2, -0.15) is 0 Å². The molecule has 1 aliphatic rings. The SMILES string of the molecule is COc1ccc(-n2c(C)cc(/C=C3/SC(=S)N(c4cccc([N+](=O)[O-])c4)C3=O)c2C)cc1. The van der Waals surface area contributed by atoms with E-state index in [1.807, 2.05) is 50.3 Å². The van der Waals surface area contributed by atoms with Crippen molar-refractivity contribution in [3.63, 3.8) is 0 Å². The van der Waals surface area contributed by atoms with Crippen molar-refractivity contribution in [1.82, 2.24) is 4.57 Å². The fraction of sp³-hybridized carbons (Fsp3) is 0.130. The molecule has 2 heterocycles. The van der Waals surface area contributed by atoms with E-state index in [4.69, 9.17) is 17.0 Å². The van der Waals surface area contributed by atoms with Gasteiger partial charge in [-0.25, -0.2) is 0 Å². The lowest BCUT2D eigenvalue weighted by atomic mass is 10.2. The van der Waals surface area contributed by atoms with Crippen LogP contribution in [-0.2, 0) is 4.79 Å². The van der Waals surface area contributed by atoms with E-state index in [-0.39, 0.29) is 11.6 Å². The molecule has 0 spiro atoms. The number of methoxy groups -OCH3 is 1. The highest BCUT2D eigenvalue weighted by atomic mass is 32.2. The van der Waals surface area contributed by atoms with Crippen LogP contribution in [0.2, 0.25) is 0 Å². The number of nitro groups is 1. The van der Waals surface area contributed by atoms with Crippen molar-refractivity contribution in [2.45, 2.75) is 13.8 Å². The van der Waals surface area contributed by atoms with Crippen LogP contribution in [0.5, 0.6) is 5.75 Å². The van der Waals surface area contributed by atoms with E-state index in [2.05, 4.69) is 4.57 Å². The van der Waals surface area contributed by atoms with Crippen LogP contribution in [0.25, 0.3) is 11.8 Å². The number of nitro benzene ring substituents is 1. The predicted molar refractivity (Wildman–Crippen MR) is 131 cm³/mol. The second kappa shape index (κ2) is 8.60. The molecule has 0 saturated carbocycles. The predicted octanol–water partition coefficient (Wildman–Crippen LogP) is 5.42. The quantitative estimate of drug-likeness (QED) is 0.217. The molecule has 1 aromatic heterocycles. The van der Waals surface area contributed by atoms with Crippen molar-refractivity contribution in [2.75, 3.05) is 12.0 Å². The molecule has 0 atom stereocenters. The van der Waals surface area contributed by atoms with Crippen molar-refractivity contribution >= 4 is 51.7 Å². The topological polar surface area (TPSA) is 77.6 Å². The third kappa shape index (κ3) is 3.92. The third-order valence-corrected chi connectivity index (χ3v) is 6.48. The normalized spacial score (nSPS) is 15.0. The molecule has 7 nitrogen and oxygen atoms in total. The number of aromatic nitrogens is 1. The highest BCUT2D eigenvalue weighted by Gasteiger charge is 2.34. The van der Waals surface area contributed by atoms with Crippen molar-refractivity contribution < 1.29 is 14.5 Å². The Balaban J connectivity index is 1.68. The molecule has 4 rings (SSSR count). The summed E-state index contributed by atoms with van der Waals surface area (Å²) in [5, 5.41) is 11.1. The first-order valence-electron chi connectivity index (χ1n) is 9.66. The molecule has 0 aliphatic carbocycles. The lowest BCUT2D eigenvalue weighted by Gasteiger charge is -2.14. The van der Waals surface area contributed by atoms with Gasteiger partial charge in [0.15, 0.2) is 4.32 Å². The van der Waals surface area contributed by atoms with Crippen LogP contribution in [0.3, 0.4) is 0 Å². The van der Waals surface area contributed by atoms with Crippen LogP contribution in [0.4, 0.5) is 11.4 Å². The van der Waals surface area contributed by atoms with Crippen molar-refractivity contribution in [3.8, 4) is 11.4 Å². The van der Waals surface area contributed by atoms with Crippen LogP contribution >= 0.6 is 24.0 Å². The number of non-ortho nitro benzene ring substituents is 1. The molecule has 0 unspecified atom stereocenters. The van der Waals surface area contributed by atoms with Gasteiger partial charge in [-0.15, -0.1) is 0 Å². The van der Waals surface area contributed by atoms with Gasteiger partial charge in [0.2, 0.25) is 0 Å². The smallest absolute Gasteiger partial charge is 0.271 e. The summed E-state index contributed by atoms with van der Waals surface area (Å²) in [4.78, 5) is 25.5. The summed E-state index contributed by atoms with van der Waals surface area (Å²) < 4.78 is 7.68. The first-order chi connectivity index (χ1) is 15.3. The number of thiocarbonyl (C=S) groups is 1. The Morgan fingerprint density at radius 3 is 2.47 bits per heavy atom. The lowest BCUT2D eigenvalue weighted by molar-refractivity contribution is -0.384.